The van der Waals surface area contributed by atoms with Gasteiger partial charge in [0.05, 0.1) is 0 Å². The zero-order valence-electron chi connectivity index (χ0n) is 10.5. The molecule has 0 aromatic rings. The highest BCUT2D eigenvalue weighted by Gasteiger charge is 2.39. The Morgan fingerprint density at radius 2 is 1.27 bits per heavy atom. The van der Waals surface area contributed by atoms with Crippen LogP contribution in [0.1, 0.15) is 13.8 Å². The third-order valence-corrected chi connectivity index (χ3v) is 11.5. The fourth-order valence-electron chi connectivity index (χ4n) is 0.738. The van der Waals surface area contributed by atoms with Crippen molar-refractivity contribution >= 4 is 24.5 Å². The molecule has 15 heavy (non-hydrogen) atoms. The highest BCUT2D eigenvalue weighted by atomic mass is 31.2. The lowest BCUT2D eigenvalue weighted by Crippen LogP contribution is -2.32. The van der Waals surface area contributed by atoms with Crippen molar-refractivity contribution in [2.24, 2.45) is 0 Å². The minimum Gasteiger partial charge on any atom is -0.327 e. The Kier molecular flexibility index (Phi) is 5.41. The molecule has 0 fully saturated rings. The topological polar surface area (TPSA) is 35.5 Å². The van der Waals surface area contributed by atoms with Gasteiger partial charge in [0.15, 0.2) is 0 Å². The monoisotopic (exact) mass is 272 g/mol. The molecule has 0 spiro atoms. The first-order valence-corrected chi connectivity index (χ1v) is 12.9. The molecule has 0 saturated carbocycles. The summed E-state index contributed by atoms with van der Waals surface area (Å²) in [6.45, 7) is 11.2. The summed E-state index contributed by atoms with van der Waals surface area (Å²) in [5.74, 6) is 0. The van der Waals surface area contributed by atoms with Crippen LogP contribution in [-0.4, -0.2) is 16.6 Å². The Morgan fingerprint density at radius 3 is 1.47 bits per heavy atom. The van der Waals surface area contributed by atoms with Crippen LogP contribution in [0.5, 0.6) is 0 Å². The zero-order chi connectivity index (χ0) is 12.3. The van der Waals surface area contributed by atoms with Gasteiger partial charge in [-0.15, -0.1) is 4.20 Å². The van der Waals surface area contributed by atoms with Crippen LogP contribution >= 0.6 is 7.91 Å². The van der Waals surface area contributed by atoms with Gasteiger partial charge in [-0.1, -0.05) is 13.8 Å². The quantitative estimate of drug-likeness (QED) is 0.525. The number of rotatable bonds is 6. The summed E-state index contributed by atoms with van der Waals surface area (Å²) in [6, 6.07) is 1.44. The molecule has 0 atom stereocenters. The molecule has 0 unspecified atom stereocenters. The van der Waals surface area contributed by atoms with E-state index in [0.29, 0.717) is 0 Å². The molecule has 0 N–H and O–H groups in total. The second-order valence-electron chi connectivity index (χ2n) is 4.84. The highest BCUT2D eigenvalue weighted by molar-refractivity contribution is 7.51. The van der Waals surface area contributed by atoms with E-state index < -0.39 is 24.5 Å². The first-order valence-electron chi connectivity index (χ1n) is 5.25. The molecule has 0 aliphatic heterocycles. The van der Waals surface area contributed by atoms with Crippen molar-refractivity contribution in [3.63, 3.8) is 0 Å². The normalized spacial score (nSPS) is 14.3. The maximum absolute atomic E-state index is 13.6. The summed E-state index contributed by atoms with van der Waals surface area (Å²) in [5, 5.41) is 0. The molecule has 0 saturated heterocycles. The van der Waals surface area contributed by atoms with E-state index in [9.17, 15) is 8.76 Å². The van der Waals surface area contributed by atoms with Gasteiger partial charge in [-0.3, -0.25) is 0 Å². The summed E-state index contributed by atoms with van der Waals surface area (Å²) in [7, 11) is -8.68. The zero-order valence-corrected chi connectivity index (χ0v) is 13.4. The average Bonchev–Trinajstić information content (AvgIpc) is 2.00. The Balaban J connectivity index is 4.51. The van der Waals surface area contributed by atoms with Crippen LogP contribution < -0.4 is 0 Å². The summed E-state index contributed by atoms with van der Waals surface area (Å²) in [4.78, 5) is 0. The van der Waals surface area contributed by atoms with Gasteiger partial charge in [-0.25, -0.2) is 4.57 Å². The van der Waals surface area contributed by atoms with Crippen LogP contribution in [0, 0.1) is 0 Å². The Morgan fingerprint density at radius 1 is 1.00 bits per heavy atom. The van der Waals surface area contributed by atoms with Crippen LogP contribution in [0.3, 0.4) is 0 Å². The summed E-state index contributed by atoms with van der Waals surface area (Å²) in [6.07, 6.45) is 0. The van der Waals surface area contributed by atoms with Gasteiger partial charge in [-0.2, -0.15) is 0 Å². The second kappa shape index (κ2) is 5.23. The van der Waals surface area contributed by atoms with E-state index in [1.165, 1.54) is 0 Å². The SMILES string of the molecule is CC[Si](C)(C)OP(=O)(F)O[Si](C)(C)CC. The van der Waals surface area contributed by atoms with Crippen molar-refractivity contribution in [2.45, 2.75) is 52.1 Å². The van der Waals surface area contributed by atoms with E-state index >= 15 is 0 Å². The van der Waals surface area contributed by atoms with E-state index in [-0.39, 0.29) is 0 Å². The Bertz CT molecular complexity index is 236. The highest BCUT2D eigenvalue weighted by Crippen LogP contribution is 2.55. The van der Waals surface area contributed by atoms with Gasteiger partial charge in [0, 0.05) is 0 Å². The fraction of sp³-hybridized carbons (Fsp3) is 1.00. The van der Waals surface area contributed by atoms with E-state index in [1.54, 1.807) is 0 Å². The molecule has 0 aliphatic rings. The Labute approximate surface area is 94.3 Å². The molecule has 0 radical (unpaired) electrons. The lowest BCUT2D eigenvalue weighted by molar-refractivity contribution is 0.331. The van der Waals surface area contributed by atoms with Gasteiger partial charge in [-0.05, 0) is 38.3 Å². The van der Waals surface area contributed by atoms with Crippen molar-refractivity contribution in [3.05, 3.63) is 0 Å². The summed E-state index contributed by atoms with van der Waals surface area (Å²) >= 11 is 0. The number of halogens is 1. The molecular weight excluding hydrogens is 250 g/mol. The molecule has 92 valence electrons. The molecule has 0 rings (SSSR count). The molecule has 0 amide bonds. The average molecular weight is 272 g/mol. The van der Waals surface area contributed by atoms with Gasteiger partial charge >= 0.3 is 7.91 Å². The van der Waals surface area contributed by atoms with Crippen LogP contribution in [0.15, 0.2) is 0 Å². The molecule has 0 aromatic heterocycles. The molecule has 0 heterocycles. The van der Waals surface area contributed by atoms with E-state index in [2.05, 4.69) is 0 Å². The van der Waals surface area contributed by atoms with Crippen molar-refractivity contribution < 1.29 is 17.2 Å². The largest absolute Gasteiger partial charge is 0.493 e. The lowest BCUT2D eigenvalue weighted by atomic mass is 11.0. The molecule has 0 aromatic carbocycles. The molecular formula is C8H22FO3PSi2. The predicted molar refractivity (Wildman–Crippen MR) is 66.8 cm³/mol. The third-order valence-electron chi connectivity index (χ3n) is 2.42. The molecule has 0 bridgehead atoms. The smallest absolute Gasteiger partial charge is 0.327 e. The van der Waals surface area contributed by atoms with E-state index in [4.69, 9.17) is 8.43 Å². The van der Waals surface area contributed by atoms with Crippen LogP contribution in [0.2, 0.25) is 38.3 Å². The van der Waals surface area contributed by atoms with Crippen molar-refractivity contribution in [2.75, 3.05) is 0 Å². The molecule has 7 heteroatoms. The third kappa shape index (κ3) is 6.63. The first kappa shape index (κ1) is 15.5. The van der Waals surface area contributed by atoms with Crippen LogP contribution in [0.4, 0.5) is 4.20 Å². The molecule has 0 aliphatic carbocycles. The molecule has 3 nitrogen and oxygen atoms in total. The minimum absolute atomic E-state index is 0.721. The van der Waals surface area contributed by atoms with Gasteiger partial charge in [0.2, 0.25) is 16.6 Å². The van der Waals surface area contributed by atoms with Crippen molar-refractivity contribution in [1.29, 1.82) is 0 Å². The van der Waals surface area contributed by atoms with Gasteiger partial charge < -0.3 is 8.43 Å². The van der Waals surface area contributed by atoms with Gasteiger partial charge in [0.1, 0.15) is 0 Å². The van der Waals surface area contributed by atoms with E-state index in [0.717, 1.165) is 12.1 Å². The first-order chi connectivity index (χ1) is 6.54. The standard InChI is InChI=1S/C8H22FO3PSi2/c1-7-14(3,4)11-13(9,10)12-15(5,6)8-2/h7-8H2,1-6H3. The summed E-state index contributed by atoms with van der Waals surface area (Å²) in [5.41, 5.74) is 0. The van der Waals surface area contributed by atoms with Crippen molar-refractivity contribution in [3.8, 4) is 0 Å². The lowest BCUT2D eigenvalue weighted by Gasteiger charge is -2.27. The fourth-order valence-corrected chi connectivity index (χ4v) is 6.98. The predicted octanol–water partition coefficient (Wildman–Crippen LogP) is 4.55. The summed E-state index contributed by atoms with van der Waals surface area (Å²) < 4.78 is 35.3. The number of hydrogen-bond donors (Lipinski definition) is 0. The second-order valence-corrected chi connectivity index (χ2v) is 15.6. The minimum atomic E-state index is -4.35. The van der Waals surface area contributed by atoms with Crippen molar-refractivity contribution in [1.82, 2.24) is 0 Å². The van der Waals surface area contributed by atoms with Crippen LogP contribution in [0.25, 0.3) is 0 Å². The van der Waals surface area contributed by atoms with Crippen LogP contribution in [-0.2, 0) is 13.0 Å². The maximum Gasteiger partial charge on any atom is 0.493 e. The number of hydrogen-bond acceptors (Lipinski definition) is 3. The van der Waals surface area contributed by atoms with E-state index in [1.807, 2.05) is 40.0 Å². The maximum atomic E-state index is 13.6. The van der Waals surface area contributed by atoms with Gasteiger partial charge in [0.25, 0.3) is 0 Å². The Hall–Kier alpha value is 0.514.